The van der Waals surface area contributed by atoms with Gasteiger partial charge in [0.05, 0.1) is 0 Å². The number of carbonyl (C=O) groups is 1. The number of anilines is 1. The maximum Gasteiger partial charge on any atom is 0.573 e. The van der Waals surface area contributed by atoms with Gasteiger partial charge in [-0.05, 0) is 0 Å². The van der Waals surface area contributed by atoms with Crippen molar-refractivity contribution in [3.63, 3.8) is 0 Å². The predicted molar refractivity (Wildman–Crippen MR) is 48.6 cm³/mol. The molecule has 0 spiro atoms. The monoisotopic (exact) mass is 246 g/mol. The second-order valence-electron chi connectivity index (χ2n) is 2.79. The van der Waals surface area contributed by atoms with Crippen LogP contribution in [-0.2, 0) is 0 Å². The Balaban J connectivity index is 3.39. The van der Waals surface area contributed by atoms with Gasteiger partial charge in [-0.25, -0.2) is 4.98 Å². The molecule has 0 saturated carbocycles. The molecule has 0 aromatic carbocycles. The van der Waals surface area contributed by atoms with E-state index < -0.39 is 35.1 Å². The Kier molecular flexibility index (Phi) is 3.08. The lowest BCUT2D eigenvalue weighted by molar-refractivity contribution is -0.274. The molecule has 1 heterocycles. The van der Waals surface area contributed by atoms with Crippen molar-refractivity contribution in [3.05, 3.63) is 17.3 Å². The number of alkyl halides is 3. The molecule has 90 valence electrons. The van der Waals surface area contributed by atoms with Crippen LogP contribution in [0.15, 0.2) is 6.07 Å². The summed E-state index contributed by atoms with van der Waals surface area (Å²) in [5.41, 5.74) is 8.90. The summed E-state index contributed by atoms with van der Waals surface area (Å²) in [5, 5.41) is 8.49. The number of primary amides is 1. The predicted octanol–water partition coefficient (Wildman–Crippen LogP) is 0.533. The quantitative estimate of drug-likeness (QED) is 0.789. The number of amides is 1. The topological polar surface area (TPSA) is 115 Å². The minimum absolute atomic E-state index is 0.424. The van der Waals surface area contributed by atoms with Crippen molar-refractivity contribution >= 4 is 11.7 Å². The fourth-order valence-electron chi connectivity index (χ4n) is 1.05. The first-order chi connectivity index (χ1) is 7.74. The van der Waals surface area contributed by atoms with Gasteiger partial charge in [-0.15, -0.1) is 13.2 Å². The van der Waals surface area contributed by atoms with Crippen LogP contribution in [0, 0.1) is 11.3 Å². The highest BCUT2D eigenvalue weighted by atomic mass is 19.4. The molecule has 0 radical (unpaired) electrons. The molecule has 17 heavy (non-hydrogen) atoms. The second-order valence-corrected chi connectivity index (χ2v) is 2.79. The Morgan fingerprint density at radius 2 is 2.12 bits per heavy atom. The Labute approximate surface area is 92.6 Å². The van der Waals surface area contributed by atoms with Crippen molar-refractivity contribution < 1.29 is 22.7 Å². The SMILES string of the molecule is N#Cc1cc(OC(F)(F)F)c(C(N)=O)c(N)n1. The van der Waals surface area contributed by atoms with Gasteiger partial charge in [0.15, 0.2) is 0 Å². The molecule has 0 aliphatic carbocycles. The van der Waals surface area contributed by atoms with Crippen LogP contribution >= 0.6 is 0 Å². The van der Waals surface area contributed by atoms with Crippen LogP contribution in [0.1, 0.15) is 16.1 Å². The van der Waals surface area contributed by atoms with Crippen LogP contribution in [0.4, 0.5) is 19.0 Å². The van der Waals surface area contributed by atoms with E-state index in [0.29, 0.717) is 6.07 Å². The first-order valence-corrected chi connectivity index (χ1v) is 4.00. The van der Waals surface area contributed by atoms with Crippen LogP contribution in [0.3, 0.4) is 0 Å². The summed E-state index contributed by atoms with van der Waals surface area (Å²) in [4.78, 5) is 14.3. The molecule has 0 aliphatic heterocycles. The molecule has 0 aliphatic rings. The Morgan fingerprint density at radius 1 is 1.53 bits per heavy atom. The molecule has 1 aromatic heterocycles. The van der Waals surface area contributed by atoms with E-state index in [2.05, 4.69) is 9.72 Å². The number of aromatic nitrogens is 1. The molecule has 1 aromatic rings. The summed E-state index contributed by atoms with van der Waals surface area (Å²) in [6.07, 6.45) is -5.04. The van der Waals surface area contributed by atoms with Gasteiger partial charge in [-0.2, -0.15) is 5.26 Å². The van der Waals surface area contributed by atoms with Crippen LogP contribution in [0.5, 0.6) is 5.75 Å². The average molecular weight is 246 g/mol. The second kappa shape index (κ2) is 4.17. The van der Waals surface area contributed by atoms with Crippen molar-refractivity contribution in [2.45, 2.75) is 6.36 Å². The van der Waals surface area contributed by atoms with Crippen molar-refractivity contribution in [2.75, 3.05) is 5.73 Å². The zero-order valence-corrected chi connectivity index (χ0v) is 8.08. The average Bonchev–Trinajstić information content (AvgIpc) is 2.13. The molecule has 0 bridgehead atoms. The van der Waals surface area contributed by atoms with Gasteiger partial charge in [-0.3, -0.25) is 4.79 Å². The maximum atomic E-state index is 12.0. The largest absolute Gasteiger partial charge is 0.573 e. The Morgan fingerprint density at radius 3 is 2.53 bits per heavy atom. The number of nitrogens with two attached hydrogens (primary N) is 2. The van der Waals surface area contributed by atoms with E-state index in [0.717, 1.165) is 0 Å². The van der Waals surface area contributed by atoms with Gasteiger partial charge >= 0.3 is 6.36 Å². The van der Waals surface area contributed by atoms with Crippen molar-refractivity contribution in [1.29, 1.82) is 5.26 Å². The summed E-state index contributed by atoms with van der Waals surface area (Å²) in [7, 11) is 0. The van der Waals surface area contributed by atoms with E-state index in [9.17, 15) is 18.0 Å². The van der Waals surface area contributed by atoms with Gasteiger partial charge in [0, 0.05) is 6.07 Å². The van der Waals surface area contributed by atoms with Crippen LogP contribution in [0.25, 0.3) is 0 Å². The zero-order valence-electron chi connectivity index (χ0n) is 8.08. The lowest BCUT2D eigenvalue weighted by Crippen LogP contribution is -2.22. The number of nitrogens with zero attached hydrogens (tertiary/aromatic N) is 2. The molecule has 0 saturated heterocycles. The van der Waals surface area contributed by atoms with Gasteiger partial charge in [0.25, 0.3) is 5.91 Å². The van der Waals surface area contributed by atoms with Gasteiger partial charge in [0.1, 0.15) is 28.9 Å². The van der Waals surface area contributed by atoms with E-state index in [1.807, 2.05) is 0 Å². The minimum Gasteiger partial charge on any atom is -0.405 e. The van der Waals surface area contributed by atoms with Crippen molar-refractivity contribution in [3.8, 4) is 11.8 Å². The number of nitriles is 1. The summed E-state index contributed by atoms with van der Waals surface area (Å²) >= 11 is 0. The molecule has 1 amide bonds. The Bertz CT molecular complexity index is 507. The first kappa shape index (κ1) is 12.6. The standard InChI is InChI=1S/C8H5F3N4O2/c9-8(10,11)17-4-1-3(2-12)15-6(13)5(4)7(14)16/h1H,(H2,13,15)(H2,14,16). The van der Waals surface area contributed by atoms with Gasteiger partial charge in [-0.1, -0.05) is 0 Å². The molecule has 0 atom stereocenters. The lowest BCUT2D eigenvalue weighted by Gasteiger charge is -2.12. The summed E-state index contributed by atoms with van der Waals surface area (Å²) in [6.45, 7) is 0. The normalized spacial score (nSPS) is 10.7. The highest BCUT2D eigenvalue weighted by Crippen LogP contribution is 2.29. The number of carbonyl (C=O) groups excluding carboxylic acids is 1. The third-order valence-electron chi connectivity index (χ3n) is 1.60. The maximum absolute atomic E-state index is 12.0. The minimum atomic E-state index is -5.04. The Hall–Kier alpha value is -2.50. The van der Waals surface area contributed by atoms with Crippen LogP contribution in [-0.4, -0.2) is 17.3 Å². The number of halogens is 3. The summed E-state index contributed by atoms with van der Waals surface area (Å²) < 4.78 is 39.6. The fourth-order valence-corrected chi connectivity index (χ4v) is 1.05. The van der Waals surface area contributed by atoms with Crippen molar-refractivity contribution in [1.82, 2.24) is 4.98 Å². The number of ether oxygens (including phenoxy) is 1. The molecule has 0 fully saturated rings. The molecule has 6 nitrogen and oxygen atoms in total. The third kappa shape index (κ3) is 2.97. The molecule has 0 unspecified atom stereocenters. The van der Waals surface area contributed by atoms with Gasteiger partial charge < -0.3 is 16.2 Å². The van der Waals surface area contributed by atoms with Crippen LogP contribution < -0.4 is 16.2 Å². The molecular formula is C8H5F3N4O2. The van der Waals surface area contributed by atoms with Gasteiger partial charge in [0.2, 0.25) is 0 Å². The smallest absolute Gasteiger partial charge is 0.405 e. The van der Waals surface area contributed by atoms with E-state index in [1.165, 1.54) is 6.07 Å². The number of rotatable bonds is 2. The molecule has 9 heteroatoms. The summed E-state index contributed by atoms with van der Waals surface area (Å²) in [6, 6.07) is 2.10. The molecule has 1 rings (SSSR count). The molecular weight excluding hydrogens is 241 g/mol. The number of pyridine rings is 1. The fraction of sp³-hybridized carbons (Fsp3) is 0.125. The van der Waals surface area contributed by atoms with Crippen LogP contribution in [0.2, 0.25) is 0 Å². The number of hydrogen-bond acceptors (Lipinski definition) is 5. The lowest BCUT2D eigenvalue weighted by atomic mass is 10.2. The highest BCUT2D eigenvalue weighted by Gasteiger charge is 2.34. The highest BCUT2D eigenvalue weighted by molar-refractivity contribution is 6.00. The van der Waals surface area contributed by atoms with E-state index in [-0.39, 0.29) is 0 Å². The van der Waals surface area contributed by atoms with Crippen molar-refractivity contribution in [2.24, 2.45) is 5.73 Å². The zero-order chi connectivity index (χ0) is 13.2. The third-order valence-corrected chi connectivity index (χ3v) is 1.60. The summed E-state index contributed by atoms with van der Waals surface area (Å²) in [5.74, 6) is -2.79. The van der Waals surface area contributed by atoms with E-state index in [1.54, 1.807) is 0 Å². The van der Waals surface area contributed by atoms with E-state index in [4.69, 9.17) is 16.7 Å². The first-order valence-electron chi connectivity index (χ1n) is 4.00. The molecule has 4 N–H and O–H groups in total. The van der Waals surface area contributed by atoms with E-state index >= 15 is 0 Å². The number of nitrogen functional groups attached to an aromatic ring is 1. The number of hydrogen-bond donors (Lipinski definition) is 2.